The molecule has 1 fully saturated rings. The number of halogens is 2. The van der Waals surface area contributed by atoms with Crippen molar-refractivity contribution < 1.29 is 13.6 Å². The number of nitrogens with zero attached hydrogens (tertiary/aromatic N) is 2. The van der Waals surface area contributed by atoms with Crippen LogP contribution < -0.4 is 10.2 Å². The fraction of sp³-hybridized carbons (Fsp3) is 0.316. The van der Waals surface area contributed by atoms with Crippen LogP contribution in [0.2, 0.25) is 0 Å². The molecule has 2 aliphatic heterocycles. The lowest BCUT2D eigenvalue weighted by molar-refractivity contribution is 0.160. The van der Waals surface area contributed by atoms with Crippen LogP contribution >= 0.6 is 0 Å². The van der Waals surface area contributed by atoms with Gasteiger partial charge in [-0.25, -0.2) is 13.6 Å². The fourth-order valence-corrected chi connectivity index (χ4v) is 3.59. The monoisotopic (exact) mass is 343 g/mol. The van der Waals surface area contributed by atoms with E-state index >= 15 is 0 Å². The van der Waals surface area contributed by atoms with Crippen molar-refractivity contribution in [3.8, 4) is 0 Å². The first kappa shape index (κ1) is 15.9. The fourth-order valence-electron chi connectivity index (χ4n) is 3.59. The Morgan fingerprint density at radius 2 is 1.80 bits per heavy atom. The number of likely N-dealkylation sites (tertiary alicyclic amines) is 1. The number of nitrogens with one attached hydrogen (secondary N) is 1. The molecule has 130 valence electrons. The number of anilines is 2. The van der Waals surface area contributed by atoms with Crippen molar-refractivity contribution in [2.75, 3.05) is 29.9 Å². The van der Waals surface area contributed by atoms with Crippen LogP contribution in [0.3, 0.4) is 0 Å². The number of urea groups is 1. The van der Waals surface area contributed by atoms with E-state index < -0.39 is 11.6 Å². The Balaban J connectivity index is 1.38. The zero-order valence-electron chi connectivity index (χ0n) is 13.7. The SMILES string of the molecule is O=C(Nc1cc(F)cc(F)c1)N1CC(N2CCCc3ccccc32)C1. The predicted octanol–water partition coefficient (Wildman–Crippen LogP) is 3.63. The molecule has 0 spiro atoms. The molecule has 0 atom stereocenters. The smallest absolute Gasteiger partial charge is 0.321 e. The molecule has 1 N–H and O–H groups in total. The second-order valence-electron chi connectivity index (χ2n) is 6.57. The molecule has 2 aliphatic rings. The highest BCUT2D eigenvalue weighted by Crippen LogP contribution is 2.31. The summed E-state index contributed by atoms with van der Waals surface area (Å²) in [5, 5.41) is 2.56. The molecule has 0 aliphatic carbocycles. The molecule has 0 aromatic heterocycles. The third-order valence-electron chi connectivity index (χ3n) is 4.85. The Morgan fingerprint density at radius 1 is 1.08 bits per heavy atom. The van der Waals surface area contributed by atoms with Gasteiger partial charge in [0.2, 0.25) is 0 Å². The predicted molar refractivity (Wildman–Crippen MR) is 92.8 cm³/mol. The molecule has 2 aromatic rings. The number of amides is 2. The third-order valence-corrected chi connectivity index (χ3v) is 4.85. The number of fused-ring (bicyclic) bond motifs is 1. The zero-order valence-corrected chi connectivity index (χ0v) is 13.7. The molecule has 0 unspecified atom stereocenters. The van der Waals surface area contributed by atoms with Gasteiger partial charge in [0.1, 0.15) is 11.6 Å². The summed E-state index contributed by atoms with van der Waals surface area (Å²) in [7, 11) is 0. The average Bonchev–Trinajstić information content (AvgIpc) is 2.52. The summed E-state index contributed by atoms with van der Waals surface area (Å²) in [5.41, 5.74) is 2.74. The Hall–Kier alpha value is -2.63. The van der Waals surface area contributed by atoms with Crippen LogP contribution in [0.4, 0.5) is 25.0 Å². The number of para-hydroxylation sites is 1. The number of hydrogen-bond donors (Lipinski definition) is 1. The second-order valence-corrected chi connectivity index (χ2v) is 6.57. The molecule has 4 nitrogen and oxygen atoms in total. The van der Waals surface area contributed by atoms with E-state index in [1.54, 1.807) is 4.90 Å². The largest absolute Gasteiger partial charge is 0.365 e. The van der Waals surface area contributed by atoms with Gasteiger partial charge in [-0.15, -0.1) is 0 Å². The van der Waals surface area contributed by atoms with Crippen LogP contribution in [0.5, 0.6) is 0 Å². The number of aryl methyl sites for hydroxylation is 1. The summed E-state index contributed by atoms with van der Waals surface area (Å²) in [5.74, 6) is -1.41. The van der Waals surface area contributed by atoms with Gasteiger partial charge in [-0.1, -0.05) is 18.2 Å². The van der Waals surface area contributed by atoms with Gasteiger partial charge in [-0.05, 0) is 36.6 Å². The highest BCUT2D eigenvalue weighted by Gasteiger charge is 2.36. The molecule has 2 amide bonds. The molecule has 2 heterocycles. The van der Waals surface area contributed by atoms with Crippen molar-refractivity contribution in [1.82, 2.24) is 4.90 Å². The number of rotatable bonds is 2. The Labute approximate surface area is 145 Å². The number of carbonyl (C=O) groups excluding carboxylic acids is 1. The van der Waals surface area contributed by atoms with E-state index in [-0.39, 0.29) is 17.8 Å². The standard InChI is InChI=1S/C19H19F2N3O/c20-14-8-15(21)10-16(9-14)22-19(25)23-11-17(12-23)24-7-3-5-13-4-1-2-6-18(13)24/h1-2,4,6,8-10,17H,3,5,7,11-12H2,(H,22,25). The summed E-state index contributed by atoms with van der Waals surface area (Å²) in [6.45, 7) is 2.21. The van der Waals surface area contributed by atoms with Crippen molar-refractivity contribution >= 4 is 17.4 Å². The van der Waals surface area contributed by atoms with Crippen molar-refractivity contribution in [3.63, 3.8) is 0 Å². The van der Waals surface area contributed by atoms with Gasteiger partial charge in [-0.3, -0.25) is 0 Å². The molecule has 0 saturated carbocycles. The van der Waals surface area contributed by atoms with Crippen LogP contribution in [-0.2, 0) is 6.42 Å². The molecule has 0 bridgehead atoms. The van der Waals surface area contributed by atoms with Crippen molar-refractivity contribution in [1.29, 1.82) is 0 Å². The van der Waals surface area contributed by atoms with Crippen LogP contribution in [0.1, 0.15) is 12.0 Å². The van der Waals surface area contributed by atoms with Gasteiger partial charge < -0.3 is 15.1 Å². The van der Waals surface area contributed by atoms with E-state index in [0.29, 0.717) is 13.1 Å². The van der Waals surface area contributed by atoms with E-state index in [0.717, 1.165) is 37.6 Å². The number of benzene rings is 2. The summed E-state index contributed by atoms with van der Waals surface area (Å²) in [4.78, 5) is 16.3. The van der Waals surface area contributed by atoms with E-state index in [1.165, 1.54) is 11.3 Å². The van der Waals surface area contributed by atoms with Gasteiger partial charge in [0.25, 0.3) is 0 Å². The van der Waals surface area contributed by atoms with Gasteiger partial charge in [0.15, 0.2) is 0 Å². The Bertz CT molecular complexity index is 785. The summed E-state index contributed by atoms with van der Waals surface area (Å²) in [6.07, 6.45) is 2.21. The maximum absolute atomic E-state index is 13.2. The molecule has 1 saturated heterocycles. The topological polar surface area (TPSA) is 35.6 Å². The van der Waals surface area contributed by atoms with Crippen LogP contribution in [0.15, 0.2) is 42.5 Å². The number of hydrogen-bond acceptors (Lipinski definition) is 2. The zero-order chi connectivity index (χ0) is 17.4. The first-order valence-corrected chi connectivity index (χ1v) is 8.47. The van der Waals surface area contributed by atoms with Crippen molar-refractivity contribution in [2.45, 2.75) is 18.9 Å². The molecule has 6 heteroatoms. The minimum atomic E-state index is -0.707. The Kier molecular flexibility index (Phi) is 4.03. The van der Waals surface area contributed by atoms with Crippen molar-refractivity contribution in [2.24, 2.45) is 0 Å². The summed E-state index contributed by atoms with van der Waals surface area (Å²) < 4.78 is 26.4. The quantitative estimate of drug-likeness (QED) is 0.904. The van der Waals surface area contributed by atoms with Gasteiger partial charge >= 0.3 is 6.03 Å². The number of carbonyl (C=O) groups is 1. The van der Waals surface area contributed by atoms with E-state index in [1.807, 2.05) is 6.07 Å². The van der Waals surface area contributed by atoms with Gasteiger partial charge in [-0.2, -0.15) is 0 Å². The van der Waals surface area contributed by atoms with E-state index in [2.05, 4.69) is 28.4 Å². The lowest BCUT2D eigenvalue weighted by Crippen LogP contribution is -2.62. The van der Waals surface area contributed by atoms with E-state index in [4.69, 9.17) is 0 Å². The van der Waals surface area contributed by atoms with Crippen LogP contribution in [0, 0.1) is 11.6 Å². The maximum atomic E-state index is 13.2. The summed E-state index contributed by atoms with van der Waals surface area (Å²) >= 11 is 0. The van der Waals surface area contributed by atoms with E-state index in [9.17, 15) is 13.6 Å². The minimum Gasteiger partial charge on any atom is -0.365 e. The Morgan fingerprint density at radius 3 is 2.56 bits per heavy atom. The normalized spacial score (nSPS) is 17.0. The maximum Gasteiger partial charge on any atom is 0.321 e. The lowest BCUT2D eigenvalue weighted by Gasteiger charge is -2.48. The molecule has 2 aromatic carbocycles. The third kappa shape index (κ3) is 3.16. The first-order chi connectivity index (χ1) is 12.1. The second kappa shape index (κ2) is 6.35. The highest BCUT2D eigenvalue weighted by atomic mass is 19.1. The molecule has 4 rings (SSSR count). The highest BCUT2D eigenvalue weighted by molar-refractivity contribution is 5.90. The lowest BCUT2D eigenvalue weighted by atomic mass is 9.97. The minimum absolute atomic E-state index is 0.134. The molecular weight excluding hydrogens is 324 g/mol. The molecule has 0 radical (unpaired) electrons. The van der Waals surface area contributed by atoms with Crippen LogP contribution in [-0.4, -0.2) is 36.6 Å². The first-order valence-electron chi connectivity index (χ1n) is 8.47. The van der Waals surface area contributed by atoms with Gasteiger partial charge in [0, 0.05) is 37.1 Å². The van der Waals surface area contributed by atoms with Gasteiger partial charge in [0.05, 0.1) is 6.04 Å². The average molecular weight is 343 g/mol. The molecular formula is C19H19F2N3O. The van der Waals surface area contributed by atoms with Crippen LogP contribution in [0.25, 0.3) is 0 Å². The van der Waals surface area contributed by atoms with Crippen molar-refractivity contribution in [3.05, 3.63) is 59.7 Å². The molecule has 25 heavy (non-hydrogen) atoms. The summed E-state index contributed by atoms with van der Waals surface area (Å²) in [6, 6.07) is 11.3.